The van der Waals surface area contributed by atoms with E-state index in [0.717, 1.165) is 23.9 Å². The lowest BCUT2D eigenvalue weighted by Crippen LogP contribution is -2.27. The number of β-amino-alcohol motifs (C(OH)–C–C–N with tert-alkyl or cyclic N) is 1. The van der Waals surface area contributed by atoms with Crippen LogP contribution in [0.1, 0.15) is 42.1 Å². The lowest BCUT2D eigenvalue weighted by atomic mass is 10.0. The summed E-state index contributed by atoms with van der Waals surface area (Å²) in [5.74, 6) is 1.82. The summed E-state index contributed by atoms with van der Waals surface area (Å²) in [6.45, 7) is 7.40. The minimum absolute atomic E-state index is 0.336. The van der Waals surface area contributed by atoms with Crippen LogP contribution in [0.2, 0.25) is 0 Å². The molecule has 1 aliphatic carbocycles. The monoisotopic (exact) mass is 259 g/mol. The Morgan fingerprint density at radius 3 is 2.26 bits per heavy atom. The van der Waals surface area contributed by atoms with Crippen molar-refractivity contribution in [1.82, 2.24) is 4.90 Å². The Kier molecular flexibility index (Phi) is 3.64. The SMILES string of the molecule is Cc1cc(C)cc(C(O)CN2CC3CCCC3C2)c1. The van der Waals surface area contributed by atoms with Crippen LogP contribution < -0.4 is 0 Å². The van der Waals surface area contributed by atoms with Gasteiger partial charge in [0, 0.05) is 19.6 Å². The quantitative estimate of drug-likeness (QED) is 0.902. The maximum absolute atomic E-state index is 10.5. The number of likely N-dealkylation sites (tertiary alicyclic amines) is 1. The van der Waals surface area contributed by atoms with E-state index in [4.69, 9.17) is 0 Å². The Labute approximate surface area is 116 Å². The lowest BCUT2D eigenvalue weighted by molar-refractivity contribution is 0.122. The van der Waals surface area contributed by atoms with Gasteiger partial charge in [-0.2, -0.15) is 0 Å². The van der Waals surface area contributed by atoms with Crippen LogP contribution in [0.25, 0.3) is 0 Å². The molecule has 0 radical (unpaired) electrons. The minimum Gasteiger partial charge on any atom is -0.387 e. The lowest BCUT2D eigenvalue weighted by Gasteiger charge is -2.21. The fourth-order valence-corrected chi connectivity index (χ4v) is 4.03. The number of benzene rings is 1. The van der Waals surface area contributed by atoms with E-state index in [1.54, 1.807) is 0 Å². The van der Waals surface area contributed by atoms with E-state index in [0.29, 0.717) is 0 Å². The fraction of sp³-hybridized carbons (Fsp3) is 0.647. The third-order valence-electron chi connectivity index (χ3n) is 4.86. The van der Waals surface area contributed by atoms with Gasteiger partial charge in [0.15, 0.2) is 0 Å². The van der Waals surface area contributed by atoms with Gasteiger partial charge in [-0.15, -0.1) is 0 Å². The van der Waals surface area contributed by atoms with E-state index in [1.807, 2.05) is 0 Å². The maximum Gasteiger partial charge on any atom is 0.0917 e. The second-order valence-electron chi connectivity index (χ2n) is 6.61. The molecule has 104 valence electrons. The van der Waals surface area contributed by atoms with Crippen molar-refractivity contribution in [2.45, 2.75) is 39.2 Å². The first-order valence-electron chi connectivity index (χ1n) is 7.60. The van der Waals surface area contributed by atoms with E-state index >= 15 is 0 Å². The Morgan fingerprint density at radius 1 is 1.11 bits per heavy atom. The number of aliphatic hydroxyl groups is 1. The van der Waals surface area contributed by atoms with E-state index in [-0.39, 0.29) is 6.10 Å². The molecule has 19 heavy (non-hydrogen) atoms. The molecular weight excluding hydrogens is 234 g/mol. The molecule has 0 bridgehead atoms. The van der Waals surface area contributed by atoms with Crippen LogP contribution in [0.4, 0.5) is 0 Å². The van der Waals surface area contributed by atoms with Crippen LogP contribution in [-0.4, -0.2) is 29.6 Å². The minimum atomic E-state index is -0.336. The molecule has 1 aromatic carbocycles. The molecule has 3 unspecified atom stereocenters. The van der Waals surface area contributed by atoms with Crippen molar-refractivity contribution in [3.8, 4) is 0 Å². The third kappa shape index (κ3) is 2.85. The molecule has 3 atom stereocenters. The highest BCUT2D eigenvalue weighted by atomic mass is 16.3. The van der Waals surface area contributed by atoms with E-state index in [9.17, 15) is 5.11 Å². The summed E-state index contributed by atoms with van der Waals surface area (Å²) in [7, 11) is 0. The summed E-state index contributed by atoms with van der Waals surface area (Å²) in [6.07, 6.45) is 3.89. The number of hydrogen-bond donors (Lipinski definition) is 1. The molecule has 0 amide bonds. The predicted molar refractivity (Wildman–Crippen MR) is 78.1 cm³/mol. The van der Waals surface area contributed by atoms with E-state index in [1.165, 1.54) is 43.5 Å². The van der Waals surface area contributed by atoms with E-state index in [2.05, 4.69) is 36.9 Å². The molecular formula is C17H25NO. The summed E-state index contributed by atoms with van der Waals surface area (Å²) in [4.78, 5) is 2.47. The molecule has 2 nitrogen and oxygen atoms in total. The number of rotatable bonds is 3. The Hall–Kier alpha value is -0.860. The highest BCUT2D eigenvalue weighted by molar-refractivity contribution is 5.30. The summed E-state index contributed by atoms with van der Waals surface area (Å²) >= 11 is 0. The summed E-state index contributed by atoms with van der Waals surface area (Å²) in [6, 6.07) is 6.40. The van der Waals surface area contributed by atoms with Gasteiger partial charge in [0.05, 0.1) is 6.10 Å². The first-order valence-corrected chi connectivity index (χ1v) is 7.60. The molecule has 0 aromatic heterocycles. The Bertz CT molecular complexity index is 424. The molecule has 2 fully saturated rings. The Balaban J connectivity index is 1.63. The van der Waals surface area contributed by atoms with Gasteiger partial charge in [0.1, 0.15) is 0 Å². The zero-order chi connectivity index (χ0) is 13.4. The van der Waals surface area contributed by atoms with Crippen molar-refractivity contribution >= 4 is 0 Å². The molecule has 1 aromatic rings. The largest absolute Gasteiger partial charge is 0.387 e. The van der Waals surface area contributed by atoms with Gasteiger partial charge in [0.25, 0.3) is 0 Å². The molecule has 1 saturated carbocycles. The van der Waals surface area contributed by atoms with Crippen LogP contribution in [-0.2, 0) is 0 Å². The van der Waals surface area contributed by atoms with Crippen molar-refractivity contribution in [2.24, 2.45) is 11.8 Å². The van der Waals surface area contributed by atoms with Gasteiger partial charge in [0.2, 0.25) is 0 Å². The zero-order valence-corrected chi connectivity index (χ0v) is 12.1. The van der Waals surface area contributed by atoms with Crippen molar-refractivity contribution < 1.29 is 5.11 Å². The smallest absolute Gasteiger partial charge is 0.0917 e. The molecule has 3 rings (SSSR count). The molecule has 1 aliphatic heterocycles. The normalized spacial score (nSPS) is 28.6. The maximum atomic E-state index is 10.5. The van der Waals surface area contributed by atoms with Crippen LogP contribution in [0.15, 0.2) is 18.2 Å². The topological polar surface area (TPSA) is 23.5 Å². The molecule has 2 heteroatoms. The molecule has 0 spiro atoms. The van der Waals surface area contributed by atoms with Gasteiger partial charge in [-0.1, -0.05) is 35.7 Å². The first-order chi connectivity index (χ1) is 9.11. The van der Waals surface area contributed by atoms with E-state index < -0.39 is 0 Å². The van der Waals surface area contributed by atoms with Gasteiger partial charge in [-0.05, 0) is 44.1 Å². The number of nitrogens with zero attached hydrogens (tertiary/aromatic N) is 1. The van der Waals surface area contributed by atoms with Gasteiger partial charge >= 0.3 is 0 Å². The number of hydrogen-bond acceptors (Lipinski definition) is 2. The fourth-order valence-electron chi connectivity index (χ4n) is 4.03. The number of aryl methyl sites for hydroxylation is 2. The summed E-state index contributed by atoms with van der Waals surface area (Å²) in [5, 5.41) is 10.5. The number of fused-ring (bicyclic) bond motifs is 1. The average Bonchev–Trinajstić information content (AvgIpc) is 2.88. The molecule has 2 aliphatic rings. The first kappa shape index (κ1) is 13.1. The second kappa shape index (κ2) is 5.26. The van der Waals surface area contributed by atoms with Crippen LogP contribution in [0.5, 0.6) is 0 Å². The molecule has 1 heterocycles. The molecule has 1 saturated heterocycles. The second-order valence-corrected chi connectivity index (χ2v) is 6.61. The summed E-state index contributed by atoms with van der Waals surface area (Å²) in [5.41, 5.74) is 3.56. The third-order valence-corrected chi connectivity index (χ3v) is 4.86. The van der Waals surface area contributed by atoms with Gasteiger partial charge in [-0.25, -0.2) is 0 Å². The van der Waals surface area contributed by atoms with Gasteiger partial charge < -0.3 is 5.11 Å². The van der Waals surface area contributed by atoms with Crippen molar-refractivity contribution in [3.63, 3.8) is 0 Å². The van der Waals surface area contributed by atoms with Crippen LogP contribution in [0, 0.1) is 25.7 Å². The highest BCUT2D eigenvalue weighted by Gasteiger charge is 2.36. The van der Waals surface area contributed by atoms with Gasteiger partial charge in [-0.3, -0.25) is 4.90 Å². The Morgan fingerprint density at radius 2 is 1.68 bits per heavy atom. The highest BCUT2D eigenvalue weighted by Crippen LogP contribution is 2.38. The average molecular weight is 259 g/mol. The zero-order valence-electron chi connectivity index (χ0n) is 12.1. The summed E-state index contributed by atoms with van der Waals surface area (Å²) < 4.78 is 0. The van der Waals surface area contributed by atoms with Crippen LogP contribution in [0.3, 0.4) is 0 Å². The van der Waals surface area contributed by atoms with Crippen molar-refractivity contribution in [1.29, 1.82) is 0 Å². The van der Waals surface area contributed by atoms with Crippen molar-refractivity contribution in [3.05, 3.63) is 34.9 Å². The molecule has 1 N–H and O–H groups in total. The van der Waals surface area contributed by atoms with Crippen molar-refractivity contribution in [2.75, 3.05) is 19.6 Å². The standard InChI is InChI=1S/C17H25NO/c1-12-6-13(2)8-16(7-12)17(19)11-18-9-14-4-3-5-15(14)10-18/h6-8,14-15,17,19H,3-5,9-11H2,1-2H3. The predicted octanol–water partition coefficient (Wildman–Crippen LogP) is 3.07. The number of aliphatic hydroxyl groups excluding tert-OH is 1. The van der Waals surface area contributed by atoms with Crippen LogP contribution >= 0.6 is 0 Å².